The predicted octanol–water partition coefficient (Wildman–Crippen LogP) is 2.49. The lowest BCUT2D eigenvalue weighted by Crippen LogP contribution is -2.39. The van der Waals surface area contributed by atoms with Crippen molar-refractivity contribution in [1.82, 2.24) is 0 Å². The third kappa shape index (κ3) is 3.17. The summed E-state index contributed by atoms with van der Waals surface area (Å²) < 4.78 is 0. The third-order valence-corrected chi connectivity index (χ3v) is 4.16. The number of amides is 1. The van der Waals surface area contributed by atoms with Gasteiger partial charge >= 0.3 is 5.97 Å². The first kappa shape index (κ1) is 15.4. The van der Waals surface area contributed by atoms with Gasteiger partial charge < -0.3 is 15.1 Å². The van der Waals surface area contributed by atoms with E-state index >= 15 is 0 Å². The second kappa shape index (κ2) is 6.16. The van der Waals surface area contributed by atoms with Gasteiger partial charge in [0.15, 0.2) is 0 Å². The fourth-order valence-electron chi connectivity index (χ4n) is 3.16. The zero-order valence-electron chi connectivity index (χ0n) is 12.3. The summed E-state index contributed by atoms with van der Waals surface area (Å²) in [4.78, 5) is 25.6. The zero-order chi connectivity index (χ0) is 15.6. The van der Waals surface area contributed by atoms with E-state index in [9.17, 15) is 19.8 Å². The van der Waals surface area contributed by atoms with Crippen molar-refractivity contribution < 1.29 is 19.8 Å². The maximum atomic E-state index is 12.7. The molecular formula is C16H21NO4. The molecule has 1 fully saturated rings. The Balaban J connectivity index is 2.26. The summed E-state index contributed by atoms with van der Waals surface area (Å²) in [7, 11) is 0. The molecule has 21 heavy (non-hydrogen) atoms. The number of hydrogen-bond acceptors (Lipinski definition) is 3. The Kier molecular flexibility index (Phi) is 4.50. The Morgan fingerprint density at radius 3 is 2.52 bits per heavy atom. The minimum Gasteiger partial charge on any atom is -0.508 e. The lowest BCUT2D eigenvalue weighted by molar-refractivity contribution is -0.145. The number of phenols is 1. The van der Waals surface area contributed by atoms with Crippen LogP contribution in [0.15, 0.2) is 24.3 Å². The van der Waals surface area contributed by atoms with Crippen molar-refractivity contribution >= 4 is 17.6 Å². The number of nitrogens with zero attached hydrogens (tertiary/aromatic N) is 1. The summed E-state index contributed by atoms with van der Waals surface area (Å²) in [5.41, 5.74) is 0.603. The van der Waals surface area contributed by atoms with Crippen LogP contribution < -0.4 is 4.90 Å². The first-order valence-corrected chi connectivity index (χ1v) is 7.27. The summed E-state index contributed by atoms with van der Waals surface area (Å²) in [6.45, 7) is 4.27. The predicted molar refractivity (Wildman–Crippen MR) is 79.1 cm³/mol. The number of carboxylic acid groups (broad SMARTS) is 1. The molecule has 1 saturated carbocycles. The third-order valence-electron chi connectivity index (χ3n) is 4.16. The van der Waals surface area contributed by atoms with Crippen molar-refractivity contribution in [2.45, 2.75) is 26.7 Å². The highest BCUT2D eigenvalue weighted by molar-refractivity contribution is 5.97. The van der Waals surface area contributed by atoms with E-state index in [1.165, 1.54) is 6.07 Å². The molecule has 0 radical (unpaired) electrons. The second-order valence-corrected chi connectivity index (χ2v) is 5.73. The molecule has 1 aliphatic carbocycles. The summed E-state index contributed by atoms with van der Waals surface area (Å²) >= 11 is 0. The van der Waals surface area contributed by atoms with Gasteiger partial charge in [0.1, 0.15) is 5.75 Å². The van der Waals surface area contributed by atoms with E-state index in [4.69, 9.17) is 0 Å². The lowest BCUT2D eigenvalue weighted by atomic mass is 9.94. The van der Waals surface area contributed by atoms with Crippen LogP contribution in [-0.2, 0) is 9.59 Å². The van der Waals surface area contributed by atoms with Crippen LogP contribution in [0, 0.1) is 17.8 Å². The highest BCUT2D eigenvalue weighted by Crippen LogP contribution is 2.38. The van der Waals surface area contributed by atoms with Crippen molar-refractivity contribution in [3.05, 3.63) is 24.3 Å². The van der Waals surface area contributed by atoms with Crippen LogP contribution in [0.25, 0.3) is 0 Å². The van der Waals surface area contributed by atoms with E-state index in [0.717, 1.165) is 0 Å². The molecule has 0 spiro atoms. The fourth-order valence-corrected chi connectivity index (χ4v) is 3.16. The van der Waals surface area contributed by atoms with E-state index in [-0.39, 0.29) is 17.6 Å². The lowest BCUT2D eigenvalue weighted by Gasteiger charge is -2.26. The van der Waals surface area contributed by atoms with Gasteiger partial charge in [0.2, 0.25) is 5.91 Å². The van der Waals surface area contributed by atoms with E-state index in [1.54, 1.807) is 23.1 Å². The molecule has 1 aromatic carbocycles. The average Bonchev–Trinajstić information content (AvgIpc) is 2.82. The van der Waals surface area contributed by atoms with Gasteiger partial charge in [-0.25, -0.2) is 0 Å². The number of aromatic hydroxyl groups is 1. The van der Waals surface area contributed by atoms with Gasteiger partial charge in [-0.2, -0.15) is 0 Å². The number of anilines is 1. The molecule has 114 valence electrons. The molecule has 0 saturated heterocycles. The molecule has 0 aliphatic heterocycles. The monoisotopic (exact) mass is 291 g/mol. The summed E-state index contributed by atoms with van der Waals surface area (Å²) in [6, 6.07) is 6.48. The highest BCUT2D eigenvalue weighted by Gasteiger charge is 2.42. The molecule has 0 aromatic heterocycles. The Morgan fingerprint density at radius 1 is 1.29 bits per heavy atom. The van der Waals surface area contributed by atoms with E-state index in [0.29, 0.717) is 25.1 Å². The number of carbonyl (C=O) groups excluding carboxylic acids is 1. The smallest absolute Gasteiger partial charge is 0.307 e. The normalized spacial score (nSPS) is 24.8. The number of phenolic OH excluding ortho intramolecular Hbond substituents is 1. The molecule has 1 unspecified atom stereocenters. The number of benzene rings is 1. The highest BCUT2D eigenvalue weighted by atomic mass is 16.4. The Labute approximate surface area is 124 Å². The van der Waals surface area contributed by atoms with Crippen LogP contribution in [0.1, 0.15) is 26.7 Å². The maximum Gasteiger partial charge on any atom is 0.307 e. The maximum absolute atomic E-state index is 12.7. The van der Waals surface area contributed by atoms with Crippen LogP contribution in [0.3, 0.4) is 0 Å². The first-order chi connectivity index (χ1) is 9.93. The van der Waals surface area contributed by atoms with E-state index in [2.05, 4.69) is 0 Å². The van der Waals surface area contributed by atoms with Crippen LogP contribution in [0.4, 0.5) is 5.69 Å². The van der Waals surface area contributed by atoms with Gasteiger partial charge in [0, 0.05) is 18.3 Å². The average molecular weight is 291 g/mol. The van der Waals surface area contributed by atoms with Crippen molar-refractivity contribution in [3.63, 3.8) is 0 Å². The van der Waals surface area contributed by atoms with Crippen LogP contribution in [-0.4, -0.2) is 28.6 Å². The number of aliphatic carboxylic acids is 1. The first-order valence-electron chi connectivity index (χ1n) is 7.27. The van der Waals surface area contributed by atoms with Gasteiger partial charge in [-0.3, -0.25) is 9.59 Å². The number of rotatable bonds is 4. The van der Waals surface area contributed by atoms with Crippen LogP contribution >= 0.6 is 0 Å². The minimum atomic E-state index is -0.898. The van der Waals surface area contributed by atoms with E-state index in [1.807, 2.05) is 13.8 Å². The molecule has 2 rings (SSSR count). The van der Waals surface area contributed by atoms with Crippen LogP contribution in [0.2, 0.25) is 0 Å². The molecule has 1 amide bonds. The van der Waals surface area contributed by atoms with Crippen molar-refractivity contribution in [1.29, 1.82) is 0 Å². The quantitative estimate of drug-likeness (QED) is 0.893. The summed E-state index contributed by atoms with van der Waals surface area (Å²) in [6.07, 6.45) is 1.15. The van der Waals surface area contributed by atoms with Gasteiger partial charge in [0.25, 0.3) is 0 Å². The molecule has 3 atom stereocenters. The Bertz CT molecular complexity index is 543. The Hall–Kier alpha value is -2.04. The summed E-state index contributed by atoms with van der Waals surface area (Å²) in [5, 5.41) is 18.9. The number of hydrogen-bond donors (Lipinski definition) is 2. The molecule has 2 N–H and O–H groups in total. The largest absolute Gasteiger partial charge is 0.508 e. The standard InChI is InChI=1S/C16H21NO4/c1-3-17(11-5-4-6-12(18)9-11)15(19)13-7-10(2)8-14(13)16(20)21/h4-6,9-10,13-14,18H,3,7-8H2,1-2H3,(H,20,21)/t10?,13-,14+/m0/s1. The van der Waals surface area contributed by atoms with Gasteiger partial charge in [0.05, 0.1) is 11.8 Å². The molecule has 5 nitrogen and oxygen atoms in total. The van der Waals surface area contributed by atoms with Crippen molar-refractivity contribution in [2.24, 2.45) is 17.8 Å². The van der Waals surface area contributed by atoms with Crippen molar-refractivity contribution in [3.8, 4) is 5.75 Å². The SMILES string of the molecule is CCN(C(=O)[C@H]1CC(C)C[C@H]1C(=O)O)c1cccc(O)c1. The molecule has 5 heteroatoms. The zero-order valence-corrected chi connectivity index (χ0v) is 12.3. The van der Waals surface area contributed by atoms with E-state index < -0.39 is 17.8 Å². The van der Waals surface area contributed by atoms with Gasteiger partial charge in [-0.05, 0) is 37.8 Å². The number of carbonyl (C=O) groups is 2. The summed E-state index contributed by atoms with van der Waals surface area (Å²) in [5.74, 6) is -1.83. The van der Waals surface area contributed by atoms with Crippen LogP contribution in [0.5, 0.6) is 5.75 Å². The topological polar surface area (TPSA) is 77.8 Å². The van der Waals surface area contributed by atoms with Gasteiger partial charge in [-0.1, -0.05) is 13.0 Å². The molecule has 0 heterocycles. The van der Waals surface area contributed by atoms with Crippen molar-refractivity contribution in [2.75, 3.05) is 11.4 Å². The molecule has 0 bridgehead atoms. The van der Waals surface area contributed by atoms with Gasteiger partial charge in [-0.15, -0.1) is 0 Å². The molecule has 1 aromatic rings. The Morgan fingerprint density at radius 2 is 1.95 bits per heavy atom. The molecular weight excluding hydrogens is 270 g/mol. The molecule has 1 aliphatic rings. The number of carboxylic acids is 1. The second-order valence-electron chi connectivity index (χ2n) is 5.73. The minimum absolute atomic E-state index is 0.0910. The fraction of sp³-hybridized carbons (Fsp3) is 0.500.